The molecule has 0 fully saturated rings. The van der Waals surface area contributed by atoms with Gasteiger partial charge in [0.05, 0.1) is 11.4 Å². The first-order valence-electron chi connectivity index (χ1n) is 10.2. The van der Waals surface area contributed by atoms with Crippen molar-refractivity contribution in [2.45, 2.75) is 39.5 Å². The second-order valence-corrected chi connectivity index (χ2v) is 8.02. The second-order valence-electron chi connectivity index (χ2n) is 8.02. The van der Waals surface area contributed by atoms with Crippen LogP contribution in [0.3, 0.4) is 0 Å². The lowest BCUT2D eigenvalue weighted by Crippen LogP contribution is -2.44. The summed E-state index contributed by atoms with van der Waals surface area (Å²) in [6, 6.07) is 27.5. The molecule has 1 heterocycles. The highest BCUT2D eigenvalue weighted by molar-refractivity contribution is 6.02. The van der Waals surface area contributed by atoms with Crippen LogP contribution in [0.1, 0.15) is 56.2 Å². The van der Waals surface area contributed by atoms with Gasteiger partial charge in [0.15, 0.2) is 5.84 Å². The van der Waals surface area contributed by atoms with Crippen LogP contribution >= 0.6 is 0 Å². The average Bonchev–Trinajstić information content (AvgIpc) is 3.20. The van der Waals surface area contributed by atoms with Crippen LogP contribution in [0.25, 0.3) is 0 Å². The lowest BCUT2D eigenvalue weighted by Gasteiger charge is -2.28. The third-order valence-electron chi connectivity index (χ3n) is 5.24. The van der Waals surface area contributed by atoms with Crippen molar-refractivity contribution in [2.24, 2.45) is 5.10 Å². The van der Waals surface area contributed by atoms with E-state index in [1.165, 1.54) is 11.1 Å². The van der Waals surface area contributed by atoms with Gasteiger partial charge in [-0.05, 0) is 47.2 Å². The average molecular weight is 385 g/mol. The Balaban J connectivity index is 1.70. The molecule has 0 aromatic heterocycles. The van der Waals surface area contributed by atoms with E-state index in [-0.39, 0.29) is 0 Å². The lowest BCUT2D eigenvalue weighted by molar-refractivity contribution is 0.768. The number of rotatable bonds is 5. The van der Waals surface area contributed by atoms with Crippen LogP contribution in [0, 0.1) is 0 Å². The number of hydrazone groups is 1. The standard InChI is InChI=1S/C25H28N4/c1-18(2)20-10-14-23(15-11-20)28-26-25(22-8-6-5-7-9-22)27-29(28)24-16-12-21(13-17-24)19(3)4/h5-19H,1-4H3,(H,26,27). The van der Waals surface area contributed by atoms with Crippen LogP contribution in [0.5, 0.6) is 0 Å². The summed E-state index contributed by atoms with van der Waals surface area (Å²) in [6.45, 7) is 8.84. The minimum absolute atomic E-state index is 0.504. The van der Waals surface area contributed by atoms with Crippen molar-refractivity contribution in [1.82, 2.24) is 5.43 Å². The maximum atomic E-state index is 4.88. The summed E-state index contributed by atoms with van der Waals surface area (Å²) in [5, 5.41) is 8.81. The number of hydrogen-bond acceptors (Lipinski definition) is 4. The Morgan fingerprint density at radius 2 is 1.17 bits per heavy atom. The van der Waals surface area contributed by atoms with E-state index in [0.717, 1.165) is 22.8 Å². The van der Waals surface area contributed by atoms with Gasteiger partial charge in [-0.15, -0.1) is 5.10 Å². The van der Waals surface area contributed by atoms with E-state index in [1.807, 2.05) is 28.4 Å². The maximum absolute atomic E-state index is 4.88. The van der Waals surface area contributed by atoms with Gasteiger partial charge in [0, 0.05) is 5.56 Å². The Labute approximate surface area is 173 Å². The van der Waals surface area contributed by atoms with Crippen LogP contribution in [-0.4, -0.2) is 5.84 Å². The van der Waals surface area contributed by atoms with Crippen LogP contribution in [0.2, 0.25) is 0 Å². The number of amidine groups is 1. The number of hydrazine groups is 2. The first kappa shape index (κ1) is 19.1. The van der Waals surface area contributed by atoms with Gasteiger partial charge in [0.1, 0.15) is 0 Å². The molecule has 0 saturated carbocycles. The van der Waals surface area contributed by atoms with Gasteiger partial charge in [0.2, 0.25) is 0 Å². The Morgan fingerprint density at radius 1 is 0.655 bits per heavy atom. The summed E-state index contributed by atoms with van der Waals surface area (Å²) in [5.74, 6) is 1.83. The minimum atomic E-state index is 0.504. The summed E-state index contributed by atoms with van der Waals surface area (Å²) in [6.07, 6.45) is 0. The van der Waals surface area contributed by atoms with Crippen LogP contribution < -0.4 is 15.7 Å². The molecule has 3 aromatic rings. The zero-order valence-corrected chi connectivity index (χ0v) is 17.5. The highest BCUT2D eigenvalue weighted by atomic mass is 15.9. The van der Waals surface area contributed by atoms with Gasteiger partial charge >= 0.3 is 0 Å². The first-order chi connectivity index (χ1) is 14.0. The van der Waals surface area contributed by atoms with Crippen molar-refractivity contribution < 1.29 is 0 Å². The quantitative estimate of drug-likeness (QED) is 0.582. The van der Waals surface area contributed by atoms with Crippen molar-refractivity contribution in [3.63, 3.8) is 0 Å². The van der Waals surface area contributed by atoms with Crippen molar-refractivity contribution in [1.29, 1.82) is 0 Å². The number of anilines is 2. The van der Waals surface area contributed by atoms with E-state index in [9.17, 15) is 0 Å². The van der Waals surface area contributed by atoms with Gasteiger partial charge < -0.3 is 0 Å². The molecular formula is C25H28N4. The molecule has 148 valence electrons. The third kappa shape index (κ3) is 3.97. The molecule has 4 heteroatoms. The fourth-order valence-corrected chi connectivity index (χ4v) is 3.37. The third-order valence-corrected chi connectivity index (χ3v) is 5.24. The second kappa shape index (κ2) is 8.00. The van der Waals surface area contributed by atoms with E-state index in [4.69, 9.17) is 5.10 Å². The van der Waals surface area contributed by atoms with Gasteiger partial charge in [-0.2, -0.15) is 10.2 Å². The van der Waals surface area contributed by atoms with Gasteiger partial charge in [0.25, 0.3) is 0 Å². The molecule has 0 saturated heterocycles. The zero-order valence-electron chi connectivity index (χ0n) is 17.5. The zero-order chi connectivity index (χ0) is 20.4. The topological polar surface area (TPSA) is 30.9 Å². The van der Waals surface area contributed by atoms with Gasteiger partial charge in [-0.3, -0.25) is 5.43 Å². The fourth-order valence-electron chi connectivity index (χ4n) is 3.37. The molecule has 0 bridgehead atoms. The van der Waals surface area contributed by atoms with E-state index >= 15 is 0 Å². The van der Waals surface area contributed by atoms with Crippen LogP contribution in [-0.2, 0) is 0 Å². The maximum Gasteiger partial charge on any atom is 0.176 e. The molecule has 0 aliphatic carbocycles. The van der Waals surface area contributed by atoms with Crippen molar-refractivity contribution in [2.75, 3.05) is 10.2 Å². The van der Waals surface area contributed by atoms with E-state index in [1.54, 1.807) is 0 Å². The SMILES string of the molecule is CC(C)c1ccc(N2N=C(c3ccccc3)NN2c2ccc(C(C)C)cc2)cc1. The Hall–Kier alpha value is -3.27. The summed E-state index contributed by atoms with van der Waals surface area (Å²) < 4.78 is 0. The molecule has 0 atom stereocenters. The summed E-state index contributed by atoms with van der Waals surface area (Å²) in [7, 11) is 0. The molecule has 4 nitrogen and oxygen atoms in total. The summed E-state index contributed by atoms with van der Waals surface area (Å²) >= 11 is 0. The smallest absolute Gasteiger partial charge is 0.176 e. The Morgan fingerprint density at radius 3 is 1.69 bits per heavy atom. The predicted octanol–water partition coefficient (Wildman–Crippen LogP) is 6.04. The van der Waals surface area contributed by atoms with Crippen LogP contribution in [0.4, 0.5) is 11.4 Å². The number of nitrogens with one attached hydrogen (secondary N) is 1. The van der Waals surface area contributed by atoms with Gasteiger partial charge in [-0.25, -0.2) is 0 Å². The van der Waals surface area contributed by atoms with Crippen molar-refractivity contribution in [3.05, 3.63) is 95.6 Å². The normalized spacial score (nSPS) is 13.8. The molecule has 0 radical (unpaired) electrons. The highest BCUT2D eigenvalue weighted by Crippen LogP contribution is 2.28. The lowest BCUT2D eigenvalue weighted by atomic mass is 10.0. The van der Waals surface area contributed by atoms with Crippen molar-refractivity contribution in [3.8, 4) is 0 Å². The Kier molecular flexibility index (Phi) is 5.26. The van der Waals surface area contributed by atoms with Gasteiger partial charge in [-0.1, -0.05) is 82.3 Å². The molecule has 0 unspecified atom stereocenters. The molecule has 29 heavy (non-hydrogen) atoms. The molecule has 1 N–H and O–H groups in total. The molecule has 4 rings (SSSR count). The van der Waals surface area contributed by atoms with E-state index in [0.29, 0.717) is 11.8 Å². The van der Waals surface area contributed by atoms with E-state index in [2.05, 4.69) is 93.8 Å². The first-order valence-corrected chi connectivity index (χ1v) is 10.2. The molecule has 0 amide bonds. The van der Waals surface area contributed by atoms with Crippen LogP contribution in [0.15, 0.2) is 84.0 Å². The summed E-state index contributed by atoms with van der Waals surface area (Å²) in [5.41, 5.74) is 9.22. The molecule has 1 aliphatic heterocycles. The Bertz CT molecular complexity index is 974. The number of benzene rings is 3. The minimum Gasteiger partial charge on any atom is -0.259 e. The van der Waals surface area contributed by atoms with Crippen molar-refractivity contribution >= 4 is 17.2 Å². The van der Waals surface area contributed by atoms with E-state index < -0.39 is 0 Å². The monoisotopic (exact) mass is 384 g/mol. The predicted molar refractivity (Wildman–Crippen MR) is 122 cm³/mol. The molecular weight excluding hydrogens is 356 g/mol. The largest absolute Gasteiger partial charge is 0.259 e. The molecule has 3 aromatic carbocycles. The highest BCUT2D eigenvalue weighted by Gasteiger charge is 2.26. The molecule has 0 spiro atoms. The number of nitrogens with zero attached hydrogens (tertiary/aromatic N) is 3. The number of hydrogen-bond donors (Lipinski definition) is 1. The fraction of sp³-hybridized carbons (Fsp3) is 0.240. The summed E-state index contributed by atoms with van der Waals surface area (Å²) in [4.78, 5) is 0. The molecule has 1 aliphatic rings.